The summed E-state index contributed by atoms with van der Waals surface area (Å²) in [6.45, 7) is 1.21. The number of likely N-dealkylation sites (tertiary alicyclic amines) is 1. The predicted octanol–water partition coefficient (Wildman–Crippen LogP) is 4.00. The molecule has 4 heteroatoms. The summed E-state index contributed by atoms with van der Waals surface area (Å²) in [5.41, 5.74) is 1.04. The Bertz CT molecular complexity index is 394. The van der Waals surface area contributed by atoms with Crippen molar-refractivity contribution in [1.82, 2.24) is 4.90 Å². The molecule has 1 unspecified atom stereocenters. The van der Waals surface area contributed by atoms with E-state index in [1.165, 1.54) is 6.42 Å². The Morgan fingerprint density at radius 3 is 2.84 bits per heavy atom. The number of hydrogen-bond acceptors (Lipinski definition) is 2. The van der Waals surface area contributed by atoms with Crippen molar-refractivity contribution in [2.45, 2.75) is 38.3 Å². The summed E-state index contributed by atoms with van der Waals surface area (Å²) in [7, 11) is 0. The molecule has 1 amide bonds. The molecule has 1 aromatic rings. The Hall–Kier alpha value is -0.780. The zero-order valence-electron chi connectivity index (χ0n) is 11.1. The van der Waals surface area contributed by atoms with Gasteiger partial charge in [-0.1, -0.05) is 52.9 Å². The van der Waals surface area contributed by atoms with E-state index in [1.807, 2.05) is 35.2 Å². The largest absolute Gasteiger partial charge is 0.445 e. The van der Waals surface area contributed by atoms with E-state index < -0.39 is 0 Å². The Morgan fingerprint density at radius 1 is 1.32 bits per heavy atom. The van der Waals surface area contributed by atoms with Crippen molar-refractivity contribution in [1.29, 1.82) is 0 Å². The number of ether oxygens (including phenoxy) is 1. The standard InChI is InChI=1S/C15H20INO2/c16-10-9-14-8-4-5-11-17(14)15(18)19-12-13-6-2-1-3-7-13/h1-3,6-7,14H,4-5,8-12H2. The van der Waals surface area contributed by atoms with Gasteiger partial charge in [-0.2, -0.15) is 0 Å². The molecule has 0 N–H and O–H groups in total. The second kappa shape index (κ2) is 7.72. The highest BCUT2D eigenvalue weighted by molar-refractivity contribution is 14.1. The van der Waals surface area contributed by atoms with Gasteiger partial charge < -0.3 is 9.64 Å². The third kappa shape index (κ3) is 4.37. The minimum atomic E-state index is -0.154. The van der Waals surface area contributed by atoms with Crippen LogP contribution < -0.4 is 0 Å². The zero-order valence-corrected chi connectivity index (χ0v) is 13.2. The minimum Gasteiger partial charge on any atom is -0.445 e. The molecule has 1 fully saturated rings. The van der Waals surface area contributed by atoms with Crippen molar-refractivity contribution in [2.75, 3.05) is 11.0 Å². The fraction of sp³-hybridized carbons (Fsp3) is 0.533. The molecule has 1 heterocycles. The van der Waals surface area contributed by atoms with Gasteiger partial charge in [0, 0.05) is 17.0 Å². The molecule has 0 saturated carbocycles. The van der Waals surface area contributed by atoms with Gasteiger partial charge in [0.15, 0.2) is 0 Å². The fourth-order valence-electron chi connectivity index (χ4n) is 2.47. The van der Waals surface area contributed by atoms with Crippen LogP contribution in [0.15, 0.2) is 30.3 Å². The number of nitrogens with zero attached hydrogens (tertiary/aromatic N) is 1. The molecule has 2 rings (SSSR count). The highest BCUT2D eigenvalue weighted by Crippen LogP contribution is 2.21. The molecule has 0 bridgehead atoms. The average molecular weight is 373 g/mol. The first-order valence-electron chi connectivity index (χ1n) is 6.84. The molecule has 19 heavy (non-hydrogen) atoms. The molecule has 1 atom stereocenters. The molecule has 1 aromatic carbocycles. The lowest BCUT2D eigenvalue weighted by molar-refractivity contribution is 0.0676. The SMILES string of the molecule is O=C(OCc1ccccc1)N1CCCCC1CCI. The maximum absolute atomic E-state index is 12.2. The Balaban J connectivity index is 1.87. The molecule has 0 aliphatic carbocycles. The first-order valence-corrected chi connectivity index (χ1v) is 8.37. The van der Waals surface area contributed by atoms with Crippen LogP contribution in [0, 0.1) is 0 Å². The monoisotopic (exact) mass is 373 g/mol. The minimum absolute atomic E-state index is 0.154. The average Bonchev–Trinajstić information content (AvgIpc) is 2.47. The number of carbonyl (C=O) groups excluding carboxylic acids is 1. The van der Waals surface area contributed by atoms with Crippen molar-refractivity contribution >= 4 is 28.7 Å². The topological polar surface area (TPSA) is 29.5 Å². The van der Waals surface area contributed by atoms with Crippen LogP contribution in [-0.2, 0) is 11.3 Å². The van der Waals surface area contributed by atoms with Gasteiger partial charge in [0.05, 0.1) is 0 Å². The Morgan fingerprint density at radius 2 is 2.11 bits per heavy atom. The van der Waals surface area contributed by atoms with Crippen LogP contribution in [0.25, 0.3) is 0 Å². The van der Waals surface area contributed by atoms with Crippen LogP contribution in [0.3, 0.4) is 0 Å². The summed E-state index contributed by atoms with van der Waals surface area (Å²) in [6.07, 6.45) is 4.35. The van der Waals surface area contributed by atoms with Crippen molar-refractivity contribution in [2.24, 2.45) is 0 Å². The van der Waals surface area contributed by atoms with E-state index in [1.54, 1.807) is 0 Å². The van der Waals surface area contributed by atoms with Gasteiger partial charge >= 0.3 is 6.09 Å². The van der Waals surface area contributed by atoms with Gasteiger partial charge in [-0.25, -0.2) is 4.79 Å². The summed E-state index contributed by atoms with van der Waals surface area (Å²) in [5.74, 6) is 0. The number of hydrogen-bond donors (Lipinski definition) is 0. The van der Waals surface area contributed by atoms with E-state index in [-0.39, 0.29) is 6.09 Å². The molecule has 104 valence electrons. The zero-order chi connectivity index (χ0) is 13.5. The maximum atomic E-state index is 12.2. The Kier molecular flexibility index (Phi) is 5.94. The molecule has 0 spiro atoms. The van der Waals surface area contributed by atoms with Gasteiger partial charge in [-0.15, -0.1) is 0 Å². The van der Waals surface area contributed by atoms with Crippen molar-refractivity contribution in [3.8, 4) is 0 Å². The molecular weight excluding hydrogens is 353 g/mol. The van der Waals surface area contributed by atoms with E-state index >= 15 is 0 Å². The number of piperidine rings is 1. The lowest BCUT2D eigenvalue weighted by Gasteiger charge is -2.34. The summed E-state index contributed by atoms with van der Waals surface area (Å²) in [6, 6.07) is 10.2. The van der Waals surface area contributed by atoms with E-state index in [4.69, 9.17) is 4.74 Å². The van der Waals surface area contributed by atoms with Gasteiger partial charge in [-0.3, -0.25) is 0 Å². The van der Waals surface area contributed by atoms with Crippen LogP contribution in [-0.4, -0.2) is 28.0 Å². The summed E-state index contributed by atoms with van der Waals surface area (Å²) >= 11 is 2.38. The van der Waals surface area contributed by atoms with E-state index in [0.717, 1.165) is 35.8 Å². The second-order valence-electron chi connectivity index (χ2n) is 4.86. The fourth-order valence-corrected chi connectivity index (χ4v) is 3.19. The van der Waals surface area contributed by atoms with E-state index in [2.05, 4.69) is 22.6 Å². The van der Waals surface area contributed by atoms with Gasteiger partial charge in [-0.05, 0) is 31.2 Å². The number of carbonyl (C=O) groups is 1. The van der Waals surface area contributed by atoms with Gasteiger partial charge in [0.2, 0.25) is 0 Å². The van der Waals surface area contributed by atoms with Crippen molar-refractivity contribution < 1.29 is 9.53 Å². The molecule has 0 aromatic heterocycles. The first kappa shape index (κ1) is 14.6. The molecule has 1 aliphatic heterocycles. The van der Waals surface area contributed by atoms with E-state index in [9.17, 15) is 4.79 Å². The first-order chi connectivity index (χ1) is 9.31. The van der Waals surface area contributed by atoms with Crippen LogP contribution in [0.5, 0.6) is 0 Å². The van der Waals surface area contributed by atoms with E-state index in [0.29, 0.717) is 12.6 Å². The summed E-state index contributed by atoms with van der Waals surface area (Å²) in [4.78, 5) is 14.1. The normalized spacial score (nSPS) is 19.2. The number of rotatable bonds is 4. The molecule has 0 radical (unpaired) electrons. The van der Waals surface area contributed by atoms with Crippen molar-refractivity contribution in [3.05, 3.63) is 35.9 Å². The van der Waals surface area contributed by atoms with Crippen LogP contribution in [0.2, 0.25) is 0 Å². The molecular formula is C15H20INO2. The number of benzene rings is 1. The molecule has 1 saturated heterocycles. The number of alkyl halides is 1. The van der Waals surface area contributed by atoms with Crippen LogP contribution in [0.1, 0.15) is 31.2 Å². The third-order valence-corrected chi connectivity index (χ3v) is 4.13. The predicted molar refractivity (Wildman–Crippen MR) is 84.5 cm³/mol. The van der Waals surface area contributed by atoms with Crippen LogP contribution in [0.4, 0.5) is 4.79 Å². The summed E-state index contributed by atoms with van der Waals surface area (Å²) < 4.78 is 6.52. The molecule has 1 aliphatic rings. The lowest BCUT2D eigenvalue weighted by atomic mass is 10.0. The highest BCUT2D eigenvalue weighted by Gasteiger charge is 2.27. The second-order valence-corrected chi connectivity index (χ2v) is 5.94. The number of halogens is 1. The third-order valence-electron chi connectivity index (χ3n) is 3.51. The Labute approximate surface area is 128 Å². The number of amides is 1. The smallest absolute Gasteiger partial charge is 0.410 e. The maximum Gasteiger partial charge on any atom is 0.410 e. The quantitative estimate of drug-likeness (QED) is 0.590. The van der Waals surface area contributed by atoms with Crippen molar-refractivity contribution in [3.63, 3.8) is 0 Å². The van der Waals surface area contributed by atoms with Gasteiger partial charge in [0.25, 0.3) is 0 Å². The highest BCUT2D eigenvalue weighted by atomic mass is 127. The summed E-state index contributed by atoms with van der Waals surface area (Å²) in [5, 5.41) is 0. The lowest BCUT2D eigenvalue weighted by Crippen LogP contribution is -2.44. The van der Waals surface area contributed by atoms with Gasteiger partial charge in [0.1, 0.15) is 6.61 Å². The molecule has 3 nitrogen and oxygen atoms in total. The van der Waals surface area contributed by atoms with Crippen LogP contribution >= 0.6 is 22.6 Å².